The molecule has 0 aliphatic carbocycles. The number of thiophene rings is 1. The Labute approximate surface area is 184 Å². The summed E-state index contributed by atoms with van der Waals surface area (Å²) >= 11 is 1.56. The van der Waals surface area contributed by atoms with Crippen LogP contribution in [0.5, 0.6) is 0 Å². The summed E-state index contributed by atoms with van der Waals surface area (Å²) < 4.78 is 21.5. The molecule has 4 rings (SSSR count). The Bertz CT molecular complexity index is 1210. The van der Waals surface area contributed by atoms with Crippen LogP contribution in [0.1, 0.15) is 46.2 Å². The van der Waals surface area contributed by atoms with Crippen LogP contribution < -0.4 is 5.32 Å². The standard InChI is InChI=1S/C23H22FN5OS/c1-14-22-28-27-15(2)29(22)23-20(13-30-14)19(10-16-4-7-18(24)8-5-16)21(31-23)9-6-17(11-25)12-26-3/h4-5,7-8,11-12,14,25-26H,10,13H2,1-3H3/b17-12-,25-11?/t14-/m0/s1. The van der Waals surface area contributed by atoms with Gasteiger partial charge in [0.15, 0.2) is 5.82 Å². The van der Waals surface area contributed by atoms with E-state index in [1.165, 1.54) is 18.3 Å². The zero-order valence-corrected chi connectivity index (χ0v) is 18.3. The minimum absolute atomic E-state index is 0.183. The van der Waals surface area contributed by atoms with E-state index >= 15 is 0 Å². The number of allylic oxidation sites excluding steroid dienone is 1. The Hall–Kier alpha value is -3.28. The largest absolute Gasteiger partial charge is 0.393 e. The lowest BCUT2D eigenvalue weighted by Crippen LogP contribution is -2.04. The number of ether oxygens (including phenoxy) is 1. The number of hydrogen-bond donors (Lipinski definition) is 2. The zero-order chi connectivity index (χ0) is 22.0. The Morgan fingerprint density at radius 1 is 1.39 bits per heavy atom. The normalized spacial score (nSPS) is 15.4. The molecule has 2 aromatic heterocycles. The number of nitrogens with one attached hydrogen (secondary N) is 2. The number of benzene rings is 1. The number of fused-ring (bicyclic) bond motifs is 3. The second-order valence-corrected chi connectivity index (χ2v) is 8.17. The van der Waals surface area contributed by atoms with Crippen LogP contribution in [0, 0.1) is 30.0 Å². The first-order chi connectivity index (χ1) is 15.0. The lowest BCUT2D eigenvalue weighted by Gasteiger charge is -2.09. The third kappa shape index (κ3) is 4.15. The first-order valence-corrected chi connectivity index (χ1v) is 10.7. The highest BCUT2D eigenvalue weighted by atomic mass is 32.1. The lowest BCUT2D eigenvalue weighted by molar-refractivity contribution is 0.0493. The van der Waals surface area contributed by atoms with Crippen molar-refractivity contribution in [3.05, 3.63) is 75.1 Å². The topological polar surface area (TPSA) is 75.8 Å². The molecular weight excluding hydrogens is 413 g/mol. The van der Waals surface area contributed by atoms with E-state index in [9.17, 15) is 4.39 Å². The second kappa shape index (κ2) is 8.84. The van der Waals surface area contributed by atoms with E-state index in [0.717, 1.165) is 38.2 Å². The van der Waals surface area contributed by atoms with Gasteiger partial charge in [0.05, 0.1) is 17.1 Å². The number of hydrogen-bond acceptors (Lipinski definition) is 6. The number of nitrogens with zero attached hydrogens (tertiary/aromatic N) is 3. The highest BCUT2D eigenvalue weighted by Crippen LogP contribution is 2.39. The molecule has 1 aromatic carbocycles. The molecule has 31 heavy (non-hydrogen) atoms. The maximum absolute atomic E-state index is 13.4. The van der Waals surface area contributed by atoms with Gasteiger partial charge in [-0.25, -0.2) is 4.39 Å². The fourth-order valence-corrected chi connectivity index (χ4v) is 4.72. The third-order valence-corrected chi connectivity index (χ3v) is 6.23. The Morgan fingerprint density at radius 3 is 2.87 bits per heavy atom. The molecule has 158 valence electrons. The average molecular weight is 436 g/mol. The monoisotopic (exact) mass is 435 g/mol. The van der Waals surface area contributed by atoms with E-state index in [1.807, 2.05) is 18.4 Å². The van der Waals surface area contributed by atoms with Gasteiger partial charge in [0.1, 0.15) is 22.7 Å². The molecule has 0 radical (unpaired) electrons. The summed E-state index contributed by atoms with van der Waals surface area (Å²) in [5.41, 5.74) is 3.65. The van der Waals surface area contributed by atoms with E-state index in [-0.39, 0.29) is 11.9 Å². The van der Waals surface area contributed by atoms with Crippen LogP contribution in [0.4, 0.5) is 4.39 Å². The second-order valence-electron chi connectivity index (χ2n) is 7.17. The number of rotatable bonds is 4. The summed E-state index contributed by atoms with van der Waals surface area (Å²) in [5.74, 6) is 7.59. The molecule has 0 unspecified atom stereocenters. The molecule has 0 spiro atoms. The van der Waals surface area contributed by atoms with Gasteiger partial charge < -0.3 is 15.5 Å². The molecule has 0 amide bonds. The number of aryl methyl sites for hydroxylation is 1. The number of halogens is 1. The maximum atomic E-state index is 13.4. The van der Waals surface area contributed by atoms with Crippen LogP contribution in [-0.2, 0) is 17.8 Å². The summed E-state index contributed by atoms with van der Waals surface area (Å²) in [6.45, 7) is 4.32. The molecule has 1 aliphatic heterocycles. The number of aromatic nitrogens is 3. The van der Waals surface area contributed by atoms with Gasteiger partial charge >= 0.3 is 0 Å². The SMILES string of the molecule is CN/C=C(/C#Cc1sc2c(c1Cc1ccc(F)cc1)CO[C@@H](C)c1nnc(C)n1-2)C=N. The Balaban J connectivity index is 1.88. The molecule has 6 nitrogen and oxygen atoms in total. The third-order valence-electron chi connectivity index (χ3n) is 5.06. The van der Waals surface area contributed by atoms with Crippen molar-refractivity contribution in [3.8, 4) is 16.8 Å². The fraction of sp³-hybridized carbons (Fsp3) is 0.261. The minimum atomic E-state index is -0.261. The van der Waals surface area contributed by atoms with Crippen LogP contribution in [0.2, 0.25) is 0 Å². The molecule has 2 N–H and O–H groups in total. The van der Waals surface area contributed by atoms with E-state index < -0.39 is 0 Å². The Kier molecular flexibility index (Phi) is 5.98. The molecule has 0 fully saturated rings. The summed E-state index contributed by atoms with van der Waals surface area (Å²) in [7, 11) is 1.77. The Morgan fingerprint density at radius 2 is 2.16 bits per heavy atom. The quantitative estimate of drug-likeness (QED) is 0.479. The van der Waals surface area contributed by atoms with Gasteiger partial charge in [-0.05, 0) is 43.5 Å². The first-order valence-electron chi connectivity index (χ1n) is 9.84. The fourth-order valence-electron chi connectivity index (χ4n) is 3.48. The van der Waals surface area contributed by atoms with Crippen LogP contribution in [0.15, 0.2) is 36.0 Å². The van der Waals surface area contributed by atoms with Crippen LogP contribution in [0.3, 0.4) is 0 Å². The predicted octanol–water partition coefficient (Wildman–Crippen LogP) is 4.06. The van der Waals surface area contributed by atoms with Gasteiger partial charge in [-0.15, -0.1) is 21.5 Å². The van der Waals surface area contributed by atoms with E-state index in [4.69, 9.17) is 10.1 Å². The molecule has 3 aromatic rings. The van der Waals surface area contributed by atoms with Gasteiger partial charge in [-0.2, -0.15) is 0 Å². The van der Waals surface area contributed by atoms with Crippen molar-refractivity contribution in [2.24, 2.45) is 0 Å². The molecule has 3 heterocycles. The van der Waals surface area contributed by atoms with Crippen molar-refractivity contribution >= 4 is 17.6 Å². The predicted molar refractivity (Wildman–Crippen MR) is 119 cm³/mol. The van der Waals surface area contributed by atoms with Gasteiger partial charge in [-0.3, -0.25) is 4.57 Å². The minimum Gasteiger partial charge on any atom is -0.393 e. The van der Waals surface area contributed by atoms with Gasteiger partial charge in [0.2, 0.25) is 0 Å². The van der Waals surface area contributed by atoms with Crippen LogP contribution in [-0.4, -0.2) is 28.0 Å². The van der Waals surface area contributed by atoms with Crippen molar-refractivity contribution in [1.82, 2.24) is 20.1 Å². The summed E-state index contributed by atoms with van der Waals surface area (Å²) in [5, 5.41) is 20.0. The molecule has 0 bridgehead atoms. The highest BCUT2D eigenvalue weighted by Gasteiger charge is 2.28. The highest BCUT2D eigenvalue weighted by molar-refractivity contribution is 7.15. The van der Waals surface area contributed by atoms with Crippen molar-refractivity contribution < 1.29 is 9.13 Å². The van der Waals surface area contributed by atoms with Crippen molar-refractivity contribution in [2.45, 2.75) is 33.0 Å². The van der Waals surface area contributed by atoms with Crippen LogP contribution >= 0.6 is 11.3 Å². The molecule has 1 atom stereocenters. The van der Waals surface area contributed by atoms with Crippen molar-refractivity contribution in [3.63, 3.8) is 0 Å². The lowest BCUT2D eigenvalue weighted by atomic mass is 10.0. The zero-order valence-electron chi connectivity index (χ0n) is 17.5. The van der Waals surface area contributed by atoms with E-state index in [2.05, 4.69) is 27.4 Å². The first kappa shape index (κ1) is 21.0. The summed E-state index contributed by atoms with van der Waals surface area (Å²) in [4.78, 5) is 0.885. The van der Waals surface area contributed by atoms with Gasteiger partial charge in [0, 0.05) is 25.0 Å². The smallest absolute Gasteiger partial charge is 0.167 e. The molecule has 0 saturated heterocycles. The molecule has 8 heteroatoms. The van der Waals surface area contributed by atoms with Crippen molar-refractivity contribution in [1.29, 1.82) is 5.41 Å². The molecule has 1 aliphatic rings. The van der Waals surface area contributed by atoms with Gasteiger partial charge in [-0.1, -0.05) is 24.0 Å². The summed E-state index contributed by atoms with van der Waals surface area (Å²) in [6, 6.07) is 6.51. The molecule has 0 saturated carbocycles. The molecular formula is C23H22FN5OS. The van der Waals surface area contributed by atoms with Crippen LogP contribution in [0.25, 0.3) is 5.00 Å². The summed E-state index contributed by atoms with van der Waals surface area (Å²) in [6.07, 6.45) is 3.32. The average Bonchev–Trinajstić information content (AvgIpc) is 3.26. The maximum Gasteiger partial charge on any atom is 0.167 e. The van der Waals surface area contributed by atoms with Crippen molar-refractivity contribution in [2.75, 3.05) is 7.05 Å². The van der Waals surface area contributed by atoms with Gasteiger partial charge in [0.25, 0.3) is 0 Å². The van der Waals surface area contributed by atoms with E-state index in [0.29, 0.717) is 18.6 Å². The van der Waals surface area contributed by atoms with E-state index in [1.54, 1.807) is 36.7 Å².